The van der Waals surface area contributed by atoms with Crippen LogP contribution in [0.4, 0.5) is 0 Å². The lowest BCUT2D eigenvalue weighted by molar-refractivity contribution is -0.0742. The van der Waals surface area contributed by atoms with E-state index in [1.807, 2.05) is 0 Å². The smallest absolute Gasteiger partial charge is 0.186 e. The van der Waals surface area contributed by atoms with E-state index in [1.165, 1.54) is 0 Å². The Hall–Kier alpha value is -0.0231. The van der Waals surface area contributed by atoms with Gasteiger partial charge in [0.05, 0.1) is 39.6 Å². The number of methoxy groups -OCH3 is 2. The van der Waals surface area contributed by atoms with Crippen LogP contribution in [0.25, 0.3) is 0 Å². The van der Waals surface area contributed by atoms with Gasteiger partial charge in [-0.1, -0.05) is 14.9 Å². The van der Waals surface area contributed by atoms with Crippen LogP contribution in [-0.2, 0) is 28.1 Å². The number of ether oxygens (including phenoxy) is 5. The average Bonchev–Trinajstić information content (AvgIpc) is 2.50. The second kappa shape index (κ2) is 19.3. The molecule has 0 saturated carbocycles. The van der Waals surface area contributed by atoms with Crippen molar-refractivity contribution in [2.75, 3.05) is 67.6 Å². The minimum absolute atomic E-state index is 0. The quantitative estimate of drug-likeness (QED) is 0.307. The molecule has 0 bridgehead atoms. The first-order chi connectivity index (χ1) is 10.6. The average molecular weight is 371 g/mol. The first-order valence-electron chi connectivity index (χ1n) is 7.86. The Morgan fingerprint density at radius 3 is 1.83 bits per heavy atom. The van der Waals surface area contributed by atoms with Gasteiger partial charge < -0.3 is 28.1 Å². The van der Waals surface area contributed by atoms with Crippen LogP contribution in [0, 0.1) is 0 Å². The van der Waals surface area contributed by atoms with Gasteiger partial charge in [0.25, 0.3) is 0 Å². The highest BCUT2D eigenvalue weighted by Crippen LogP contribution is 2.12. The fourth-order valence-corrected chi connectivity index (χ4v) is 2.92. The van der Waals surface area contributed by atoms with Crippen LogP contribution in [0.1, 0.15) is 21.3 Å². The molecule has 0 amide bonds. The summed E-state index contributed by atoms with van der Waals surface area (Å²) in [6.07, 6.45) is 0.947. The molecule has 0 heterocycles. The first kappa shape index (κ1) is 28.8. The van der Waals surface area contributed by atoms with Crippen molar-refractivity contribution >= 4 is 8.32 Å². The lowest BCUT2D eigenvalue weighted by Gasteiger charge is -2.21. The third-order valence-electron chi connectivity index (χ3n) is 3.30. The largest absolute Gasteiger partial charge is 0.420 e. The highest BCUT2D eigenvalue weighted by Gasteiger charge is 2.19. The maximum atomic E-state index is 5.71. The molecular formula is C17H42O6Si. The zero-order chi connectivity index (χ0) is 16.7. The molecule has 150 valence electrons. The van der Waals surface area contributed by atoms with Crippen molar-refractivity contribution in [3.63, 3.8) is 0 Å². The van der Waals surface area contributed by atoms with E-state index in [0.717, 1.165) is 19.1 Å². The lowest BCUT2D eigenvalue weighted by Crippen LogP contribution is -2.30. The van der Waals surface area contributed by atoms with E-state index >= 15 is 0 Å². The molecule has 0 aliphatic heterocycles. The van der Waals surface area contributed by atoms with E-state index < -0.39 is 8.32 Å². The maximum Gasteiger partial charge on any atom is 0.186 e. The first-order valence-corrected chi connectivity index (χ1v) is 11.0. The van der Waals surface area contributed by atoms with Crippen molar-refractivity contribution in [1.29, 1.82) is 0 Å². The Kier molecular flexibility index (Phi) is 23.1. The summed E-state index contributed by atoms with van der Waals surface area (Å²) < 4.78 is 32.4. The molecule has 0 aromatic rings. The van der Waals surface area contributed by atoms with Gasteiger partial charge in [-0.15, -0.1) is 0 Å². The zero-order valence-electron chi connectivity index (χ0n) is 14.9. The SMILES string of the molecule is C.C.COCCOCC(COCCC[Si](C)(C)OC)OCCOC. The van der Waals surface area contributed by atoms with Crippen LogP contribution in [0.2, 0.25) is 19.1 Å². The molecule has 0 radical (unpaired) electrons. The molecule has 0 aliphatic rings. The normalized spacial score (nSPS) is 12.4. The minimum atomic E-state index is -1.48. The summed E-state index contributed by atoms with van der Waals surface area (Å²) in [5.74, 6) is 0. The van der Waals surface area contributed by atoms with Gasteiger partial charge in [-0.05, 0) is 25.6 Å². The summed E-state index contributed by atoms with van der Waals surface area (Å²) in [4.78, 5) is 0. The van der Waals surface area contributed by atoms with Gasteiger partial charge in [0, 0.05) is 27.9 Å². The van der Waals surface area contributed by atoms with Gasteiger partial charge in [0.1, 0.15) is 6.10 Å². The predicted octanol–water partition coefficient (Wildman–Crippen LogP) is 3.21. The van der Waals surface area contributed by atoms with E-state index in [9.17, 15) is 0 Å². The van der Waals surface area contributed by atoms with Gasteiger partial charge in [0.2, 0.25) is 0 Å². The topological polar surface area (TPSA) is 55.4 Å². The second-order valence-electron chi connectivity index (χ2n) is 5.70. The highest BCUT2D eigenvalue weighted by atomic mass is 28.4. The summed E-state index contributed by atoms with van der Waals surface area (Å²) in [6, 6.07) is 1.10. The van der Waals surface area contributed by atoms with Crippen LogP contribution >= 0.6 is 0 Å². The van der Waals surface area contributed by atoms with Crippen LogP contribution in [0.15, 0.2) is 0 Å². The number of hydrogen-bond donors (Lipinski definition) is 0. The Labute approximate surface area is 151 Å². The standard InChI is InChI=1S/C15H34O6Si.2CH4/c1-16-8-10-20-14-15(21-11-9-17-2)13-19-7-6-12-22(4,5)18-3;;/h15H,6-14H2,1-5H3;2*1H4. The van der Waals surface area contributed by atoms with Crippen LogP contribution in [0.5, 0.6) is 0 Å². The maximum absolute atomic E-state index is 5.71. The number of hydrogen-bond acceptors (Lipinski definition) is 6. The van der Waals surface area contributed by atoms with Crippen molar-refractivity contribution in [1.82, 2.24) is 0 Å². The number of rotatable bonds is 16. The molecular weight excluding hydrogens is 328 g/mol. The summed E-state index contributed by atoms with van der Waals surface area (Å²) >= 11 is 0. The highest BCUT2D eigenvalue weighted by molar-refractivity contribution is 6.71. The van der Waals surface area contributed by atoms with Gasteiger partial charge in [-0.2, -0.15) is 0 Å². The van der Waals surface area contributed by atoms with E-state index in [1.54, 1.807) is 21.3 Å². The summed E-state index contributed by atoms with van der Waals surface area (Å²) in [5, 5.41) is 0. The fourth-order valence-electron chi connectivity index (χ4n) is 1.72. The predicted molar refractivity (Wildman–Crippen MR) is 103 cm³/mol. The van der Waals surface area contributed by atoms with E-state index in [-0.39, 0.29) is 21.0 Å². The zero-order valence-corrected chi connectivity index (χ0v) is 15.9. The molecule has 0 rings (SSSR count). The lowest BCUT2D eigenvalue weighted by atomic mass is 10.4. The van der Waals surface area contributed by atoms with Crippen molar-refractivity contribution < 1.29 is 28.1 Å². The molecule has 0 aromatic carbocycles. The molecule has 0 fully saturated rings. The van der Waals surface area contributed by atoms with Crippen molar-refractivity contribution in [3.8, 4) is 0 Å². The Bertz CT molecular complexity index is 241. The Morgan fingerprint density at radius 1 is 0.750 bits per heavy atom. The molecule has 0 spiro atoms. The Balaban J connectivity index is -0.00000220. The molecule has 0 aliphatic carbocycles. The summed E-state index contributed by atoms with van der Waals surface area (Å²) in [7, 11) is 3.63. The van der Waals surface area contributed by atoms with Gasteiger partial charge in [-0.25, -0.2) is 0 Å². The molecule has 7 heteroatoms. The van der Waals surface area contributed by atoms with Crippen molar-refractivity contribution in [3.05, 3.63) is 0 Å². The molecule has 1 unspecified atom stereocenters. The van der Waals surface area contributed by atoms with Gasteiger partial charge in [-0.3, -0.25) is 0 Å². The van der Waals surface area contributed by atoms with Crippen LogP contribution in [0.3, 0.4) is 0 Å². The second-order valence-corrected chi connectivity index (χ2v) is 10.1. The van der Waals surface area contributed by atoms with E-state index in [2.05, 4.69) is 13.1 Å². The van der Waals surface area contributed by atoms with Crippen molar-refractivity contribution in [2.45, 2.75) is 46.5 Å². The molecule has 24 heavy (non-hydrogen) atoms. The van der Waals surface area contributed by atoms with Crippen LogP contribution in [-0.4, -0.2) is 82.0 Å². The molecule has 1 atom stereocenters. The van der Waals surface area contributed by atoms with Gasteiger partial charge in [0.15, 0.2) is 8.32 Å². The van der Waals surface area contributed by atoms with Gasteiger partial charge >= 0.3 is 0 Å². The molecule has 0 saturated heterocycles. The third-order valence-corrected chi connectivity index (χ3v) is 5.96. The fraction of sp³-hybridized carbons (Fsp3) is 1.00. The van der Waals surface area contributed by atoms with Crippen LogP contribution < -0.4 is 0 Å². The minimum Gasteiger partial charge on any atom is -0.420 e. The van der Waals surface area contributed by atoms with E-state index in [0.29, 0.717) is 39.6 Å². The van der Waals surface area contributed by atoms with Crippen molar-refractivity contribution in [2.24, 2.45) is 0 Å². The molecule has 0 N–H and O–H groups in total. The Morgan fingerprint density at radius 2 is 1.29 bits per heavy atom. The molecule has 0 aromatic heterocycles. The molecule has 6 nitrogen and oxygen atoms in total. The monoisotopic (exact) mass is 370 g/mol. The summed E-state index contributed by atoms with van der Waals surface area (Å²) in [6.45, 7) is 8.46. The van der Waals surface area contributed by atoms with E-state index in [4.69, 9.17) is 28.1 Å². The third kappa shape index (κ3) is 18.3. The summed E-state index contributed by atoms with van der Waals surface area (Å²) in [5.41, 5.74) is 0.